The van der Waals surface area contributed by atoms with E-state index >= 15 is 0 Å². The van der Waals surface area contributed by atoms with Crippen LogP contribution >= 0.6 is 23.2 Å². The monoisotopic (exact) mass is 552 g/mol. The number of fused-ring (bicyclic) bond motifs is 1. The van der Waals surface area contributed by atoms with Gasteiger partial charge in [0.1, 0.15) is 6.73 Å². The maximum Gasteiger partial charge on any atom is 0.342 e. The van der Waals surface area contributed by atoms with Crippen LogP contribution in [0.4, 0.5) is 0 Å². The van der Waals surface area contributed by atoms with Gasteiger partial charge in [-0.1, -0.05) is 36.6 Å². The normalized spacial score (nSPS) is 21.6. The first-order valence-corrected chi connectivity index (χ1v) is 14.4. The summed E-state index contributed by atoms with van der Waals surface area (Å²) in [6.07, 6.45) is 7.71. The highest BCUT2D eigenvalue weighted by molar-refractivity contribution is 7.84. The zero-order chi connectivity index (χ0) is 25.9. The van der Waals surface area contributed by atoms with Crippen LogP contribution in [0.2, 0.25) is 10.3 Å². The van der Waals surface area contributed by atoms with Gasteiger partial charge in [0.05, 0.1) is 32.5 Å². The summed E-state index contributed by atoms with van der Waals surface area (Å²) in [4.78, 5) is 23.9. The molecule has 0 spiro atoms. The third-order valence-electron chi connectivity index (χ3n) is 6.88. The van der Waals surface area contributed by atoms with E-state index in [1.807, 2.05) is 39.0 Å². The van der Waals surface area contributed by atoms with E-state index < -0.39 is 27.2 Å². The Labute approximate surface area is 225 Å². The number of carbonyl (C=O) groups is 1. The first kappa shape index (κ1) is 27.5. The molecule has 7 nitrogen and oxygen atoms in total. The molecular weight excluding hydrogens is 519 g/mol. The second-order valence-corrected chi connectivity index (χ2v) is 13.3. The van der Waals surface area contributed by atoms with E-state index in [9.17, 15) is 9.00 Å². The van der Waals surface area contributed by atoms with E-state index in [4.69, 9.17) is 27.9 Å². The van der Waals surface area contributed by atoms with Gasteiger partial charge in [0.25, 0.3) is 0 Å². The van der Waals surface area contributed by atoms with Crippen molar-refractivity contribution in [3.63, 3.8) is 0 Å². The number of hydrogen-bond acceptors (Lipinski definition) is 6. The van der Waals surface area contributed by atoms with Crippen LogP contribution in [0.5, 0.6) is 0 Å². The Morgan fingerprint density at radius 2 is 1.92 bits per heavy atom. The Bertz CT molecular complexity index is 1130. The standard InChI is InChI=1S/C26H34Cl2N4O3S/c1-25(2,3)36(34)31-26(12-11-18-20(26)9-8-10-21(18)27)15-22-19(16-29-24(28)30-22)23(33)35-17-32-13-6-4-5-7-14-32/h8-10,16,31H,4-7,11-15,17H2,1-3H3/t26-,36?/m0/s1. The summed E-state index contributed by atoms with van der Waals surface area (Å²) in [5, 5.41) is 0.723. The van der Waals surface area contributed by atoms with Crippen molar-refractivity contribution in [2.24, 2.45) is 0 Å². The van der Waals surface area contributed by atoms with E-state index in [1.165, 1.54) is 19.0 Å². The number of likely N-dealkylation sites (tertiary alicyclic amines) is 1. The Kier molecular flexibility index (Phi) is 8.72. The van der Waals surface area contributed by atoms with Gasteiger partial charge in [-0.05, 0) is 75.2 Å². The number of aromatic nitrogens is 2. The topological polar surface area (TPSA) is 84.4 Å². The second kappa shape index (κ2) is 11.4. The first-order chi connectivity index (χ1) is 17.1. The molecule has 1 saturated heterocycles. The van der Waals surface area contributed by atoms with Gasteiger partial charge < -0.3 is 4.74 Å². The molecule has 10 heteroatoms. The summed E-state index contributed by atoms with van der Waals surface area (Å²) in [5.74, 6) is -0.484. The summed E-state index contributed by atoms with van der Waals surface area (Å²) < 4.78 is 21.9. The SMILES string of the molecule is CC(C)(C)S(=O)N[C@]1(Cc2nc(Cl)ncc2C(=O)OCN2CCCCCC2)CCc2c(Cl)cccc21. The lowest BCUT2D eigenvalue weighted by molar-refractivity contribution is 0.0221. The number of ether oxygens (including phenoxy) is 1. The molecule has 1 aromatic heterocycles. The summed E-state index contributed by atoms with van der Waals surface area (Å²) in [6.45, 7) is 7.83. The van der Waals surface area contributed by atoms with Crippen molar-refractivity contribution in [2.75, 3.05) is 19.8 Å². The highest BCUT2D eigenvalue weighted by atomic mass is 35.5. The molecule has 2 aliphatic rings. The van der Waals surface area contributed by atoms with E-state index in [2.05, 4.69) is 19.6 Å². The first-order valence-electron chi connectivity index (χ1n) is 12.5. The van der Waals surface area contributed by atoms with E-state index in [1.54, 1.807) is 0 Å². The third-order valence-corrected chi connectivity index (χ3v) is 9.11. The summed E-state index contributed by atoms with van der Waals surface area (Å²) in [7, 11) is -1.38. The number of hydrogen-bond donors (Lipinski definition) is 1. The lowest BCUT2D eigenvalue weighted by atomic mass is 9.87. The maximum atomic E-state index is 13.3. The molecule has 1 fully saturated rings. The van der Waals surface area contributed by atoms with E-state index in [0.717, 1.165) is 43.5 Å². The van der Waals surface area contributed by atoms with Crippen molar-refractivity contribution in [1.82, 2.24) is 19.6 Å². The van der Waals surface area contributed by atoms with Gasteiger partial charge in [-0.15, -0.1) is 0 Å². The largest absolute Gasteiger partial charge is 0.446 e. The minimum atomic E-state index is -1.38. The van der Waals surface area contributed by atoms with Gasteiger partial charge in [-0.3, -0.25) is 4.90 Å². The number of carbonyl (C=O) groups excluding carboxylic acids is 1. The van der Waals surface area contributed by atoms with Gasteiger partial charge >= 0.3 is 5.97 Å². The zero-order valence-corrected chi connectivity index (χ0v) is 23.4. The molecule has 1 aliphatic carbocycles. The summed E-state index contributed by atoms with van der Waals surface area (Å²) in [5.41, 5.74) is 1.97. The van der Waals surface area contributed by atoms with Crippen molar-refractivity contribution in [3.8, 4) is 0 Å². The molecule has 36 heavy (non-hydrogen) atoms. The van der Waals surface area contributed by atoms with Crippen molar-refractivity contribution >= 4 is 40.2 Å². The number of halogens is 2. The molecule has 1 aliphatic heterocycles. The Morgan fingerprint density at radius 3 is 2.61 bits per heavy atom. The molecule has 0 saturated carbocycles. The Hall–Kier alpha value is -1.58. The van der Waals surface area contributed by atoms with Crippen LogP contribution in [0.1, 0.15) is 80.1 Å². The van der Waals surface area contributed by atoms with Crippen molar-refractivity contribution in [3.05, 3.63) is 57.1 Å². The van der Waals surface area contributed by atoms with Crippen LogP contribution in [-0.4, -0.2) is 49.6 Å². The van der Waals surface area contributed by atoms with Gasteiger partial charge in [-0.2, -0.15) is 0 Å². The van der Waals surface area contributed by atoms with E-state index in [-0.39, 0.29) is 17.6 Å². The number of esters is 1. The fourth-order valence-corrected chi connectivity index (χ4v) is 6.23. The van der Waals surface area contributed by atoms with Crippen LogP contribution in [-0.2, 0) is 34.1 Å². The average Bonchev–Trinajstić information content (AvgIpc) is 2.99. The highest BCUT2D eigenvalue weighted by Crippen LogP contribution is 2.43. The molecule has 2 atom stereocenters. The molecule has 4 rings (SSSR count). The molecule has 0 amide bonds. The zero-order valence-electron chi connectivity index (χ0n) is 21.1. The number of nitrogens with one attached hydrogen (secondary N) is 1. The number of benzene rings is 1. The van der Waals surface area contributed by atoms with E-state index in [0.29, 0.717) is 23.6 Å². The minimum absolute atomic E-state index is 0.0467. The molecule has 196 valence electrons. The lowest BCUT2D eigenvalue weighted by Crippen LogP contribution is -2.48. The van der Waals surface area contributed by atoms with Gasteiger partial charge in [-0.25, -0.2) is 23.7 Å². The molecule has 2 heterocycles. The minimum Gasteiger partial charge on any atom is -0.446 e. The van der Waals surface area contributed by atoms with Gasteiger partial charge in [0.15, 0.2) is 0 Å². The predicted octanol–water partition coefficient (Wildman–Crippen LogP) is 5.21. The molecule has 0 radical (unpaired) electrons. The molecule has 1 N–H and O–H groups in total. The molecule has 0 bridgehead atoms. The summed E-state index contributed by atoms with van der Waals surface area (Å²) >= 11 is 12.7. The molecule has 1 unspecified atom stereocenters. The third kappa shape index (κ3) is 6.27. The fourth-order valence-electron chi connectivity index (χ4n) is 4.87. The van der Waals surface area contributed by atoms with Crippen LogP contribution in [0.15, 0.2) is 24.4 Å². The molecule has 1 aromatic carbocycles. The molecule has 2 aromatic rings. The highest BCUT2D eigenvalue weighted by Gasteiger charge is 2.43. The van der Waals surface area contributed by atoms with Crippen LogP contribution < -0.4 is 4.72 Å². The smallest absolute Gasteiger partial charge is 0.342 e. The van der Waals surface area contributed by atoms with Gasteiger partial charge in [0.2, 0.25) is 5.28 Å². The number of rotatable bonds is 7. The van der Waals surface area contributed by atoms with Crippen LogP contribution in [0.25, 0.3) is 0 Å². The Balaban J connectivity index is 1.64. The second-order valence-electron chi connectivity index (χ2n) is 10.6. The lowest BCUT2D eigenvalue weighted by Gasteiger charge is -2.34. The van der Waals surface area contributed by atoms with Crippen LogP contribution in [0, 0.1) is 0 Å². The maximum absolute atomic E-state index is 13.3. The molecular formula is C26H34Cl2N4O3S. The summed E-state index contributed by atoms with van der Waals surface area (Å²) in [6, 6.07) is 5.76. The average molecular weight is 554 g/mol. The quantitative estimate of drug-likeness (QED) is 0.375. The predicted molar refractivity (Wildman–Crippen MR) is 144 cm³/mol. The van der Waals surface area contributed by atoms with Gasteiger partial charge in [0, 0.05) is 30.7 Å². The number of nitrogens with zero attached hydrogens (tertiary/aromatic N) is 3. The van der Waals surface area contributed by atoms with Crippen molar-refractivity contribution in [2.45, 2.75) is 76.0 Å². The fraction of sp³-hybridized carbons (Fsp3) is 0.577. The van der Waals surface area contributed by atoms with Crippen molar-refractivity contribution in [1.29, 1.82) is 0 Å². The Morgan fingerprint density at radius 1 is 1.19 bits per heavy atom. The van der Waals surface area contributed by atoms with Crippen molar-refractivity contribution < 1.29 is 13.7 Å². The van der Waals surface area contributed by atoms with Crippen LogP contribution in [0.3, 0.4) is 0 Å².